The van der Waals surface area contributed by atoms with Crippen LogP contribution in [-0.4, -0.2) is 28.7 Å². The zero-order valence-corrected chi connectivity index (χ0v) is 17.2. The number of rotatable bonds is 5. The van der Waals surface area contributed by atoms with Gasteiger partial charge in [0.15, 0.2) is 10.8 Å². The first-order valence-electron chi connectivity index (χ1n) is 9.53. The molecule has 0 radical (unpaired) electrons. The molecule has 1 heterocycles. The highest BCUT2D eigenvalue weighted by Crippen LogP contribution is 2.39. The van der Waals surface area contributed by atoms with Crippen LogP contribution in [0.15, 0.2) is 30.3 Å². The van der Waals surface area contributed by atoms with E-state index in [-0.39, 0.29) is 28.2 Å². The summed E-state index contributed by atoms with van der Waals surface area (Å²) in [6.07, 6.45) is 0.366. The average Bonchev–Trinajstić information content (AvgIpc) is 2.72. The summed E-state index contributed by atoms with van der Waals surface area (Å²) in [5, 5.41) is 5.78. The van der Waals surface area contributed by atoms with Crippen molar-refractivity contribution in [3.05, 3.63) is 47.4 Å². The maximum Gasteiger partial charge on any atom is 0.433 e. The number of hydrogen-bond donors (Lipinski definition) is 2. The van der Waals surface area contributed by atoms with E-state index >= 15 is 0 Å². The molecule has 0 aliphatic heterocycles. The van der Waals surface area contributed by atoms with Gasteiger partial charge in [-0.1, -0.05) is 31.4 Å². The third kappa shape index (κ3) is 5.35. The zero-order chi connectivity index (χ0) is 21.8. The van der Waals surface area contributed by atoms with Gasteiger partial charge in [0.1, 0.15) is 5.82 Å². The highest BCUT2D eigenvalue weighted by atomic mass is 32.1. The predicted octanol–water partition coefficient (Wildman–Crippen LogP) is 4.83. The Bertz CT molecular complexity index is 883. The Labute approximate surface area is 177 Å². The fourth-order valence-corrected chi connectivity index (χ4v) is 3.89. The Morgan fingerprint density at radius 1 is 1.13 bits per heavy atom. The number of anilines is 1. The molecule has 2 aromatic rings. The molecular formula is C20H22F4N4OS. The van der Waals surface area contributed by atoms with Crippen LogP contribution in [0.25, 0.3) is 0 Å². The Morgan fingerprint density at radius 3 is 2.40 bits per heavy atom. The molecule has 1 aromatic heterocycles. The van der Waals surface area contributed by atoms with Crippen LogP contribution in [0.2, 0.25) is 0 Å². The van der Waals surface area contributed by atoms with Crippen LogP contribution in [-0.2, 0) is 11.6 Å². The van der Waals surface area contributed by atoms with Crippen molar-refractivity contribution in [3.63, 3.8) is 0 Å². The van der Waals surface area contributed by atoms with E-state index in [1.54, 1.807) is 12.1 Å². The molecule has 0 spiro atoms. The summed E-state index contributed by atoms with van der Waals surface area (Å²) in [5.41, 5.74) is -0.352. The molecule has 1 fully saturated rings. The molecule has 2 N–H and O–H groups in total. The number of nitrogens with one attached hydrogen (secondary N) is 2. The molecule has 10 heteroatoms. The summed E-state index contributed by atoms with van der Waals surface area (Å²) in [6, 6.07) is 7.14. The van der Waals surface area contributed by atoms with Gasteiger partial charge < -0.3 is 15.4 Å². The second-order valence-corrected chi connectivity index (χ2v) is 7.68. The molecule has 0 unspecified atom stereocenters. The lowest BCUT2D eigenvalue weighted by molar-refractivity contribution is -0.141. The van der Waals surface area contributed by atoms with E-state index < -0.39 is 11.9 Å². The van der Waals surface area contributed by atoms with Crippen LogP contribution in [0.3, 0.4) is 0 Å². The van der Waals surface area contributed by atoms with Crippen LogP contribution in [0.5, 0.6) is 5.88 Å². The van der Waals surface area contributed by atoms with E-state index in [0.29, 0.717) is 12.6 Å². The molecule has 3 rings (SSSR count). The lowest BCUT2D eigenvalue weighted by Crippen LogP contribution is -2.43. The standard InChI is InChI=1S/C20H22F4N4OS/c1-29-16-11-15(20(22,23)24)26-17(27-16)28-18(30)25-12-19(9-3-2-4-10-19)13-5-7-14(21)8-6-13/h5-8,11H,2-4,9-10,12H2,1H3,(H2,25,26,27,28,30). The number of methoxy groups -OCH3 is 1. The number of aromatic nitrogens is 2. The minimum Gasteiger partial charge on any atom is -0.481 e. The topological polar surface area (TPSA) is 59.1 Å². The van der Waals surface area contributed by atoms with Crippen molar-refractivity contribution in [2.24, 2.45) is 0 Å². The van der Waals surface area contributed by atoms with Gasteiger partial charge in [0.25, 0.3) is 0 Å². The van der Waals surface area contributed by atoms with Crippen molar-refractivity contribution in [2.45, 2.75) is 43.7 Å². The second kappa shape index (κ2) is 9.11. The van der Waals surface area contributed by atoms with E-state index in [0.717, 1.165) is 37.7 Å². The van der Waals surface area contributed by atoms with Gasteiger partial charge in [-0.15, -0.1) is 0 Å². The third-order valence-corrected chi connectivity index (χ3v) is 5.53. The fourth-order valence-electron chi connectivity index (χ4n) is 3.73. The van der Waals surface area contributed by atoms with E-state index in [9.17, 15) is 17.6 Å². The molecule has 162 valence electrons. The first-order valence-corrected chi connectivity index (χ1v) is 9.94. The van der Waals surface area contributed by atoms with Gasteiger partial charge in [-0.2, -0.15) is 18.2 Å². The Kier molecular flexibility index (Phi) is 6.74. The van der Waals surface area contributed by atoms with E-state index in [2.05, 4.69) is 20.6 Å². The first kappa shape index (κ1) is 22.2. The third-order valence-electron chi connectivity index (χ3n) is 5.28. The SMILES string of the molecule is COc1cc(C(F)(F)F)nc(NC(=S)NCC2(c3ccc(F)cc3)CCCCC2)n1. The number of nitrogens with zero attached hydrogens (tertiary/aromatic N) is 2. The lowest BCUT2D eigenvalue weighted by atomic mass is 9.69. The number of ether oxygens (including phenoxy) is 1. The summed E-state index contributed by atoms with van der Waals surface area (Å²) < 4.78 is 57.3. The Morgan fingerprint density at radius 2 is 1.80 bits per heavy atom. The monoisotopic (exact) mass is 442 g/mol. The van der Waals surface area contributed by atoms with Crippen LogP contribution in [0.4, 0.5) is 23.5 Å². The number of alkyl halides is 3. The Hall–Kier alpha value is -2.49. The maximum atomic E-state index is 13.4. The van der Waals surface area contributed by atoms with E-state index in [1.807, 2.05) is 0 Å². The van der Waals surface area contributed by atoms with Gasteiger partial charge in [-0.25, -0.2) is 9.37 Å². The molecule has 1 aromatic carbocycles. The summed E-state index contributed by atoms with van der Waals surface area (Å²) in [6.45, 7) is 0.459. The van der Waals surface area contributed by atoms with Crippen molar-refractivity contribution in [2.75, 3.05) is 19.0 Å². The number of thiocarbonyl (C=S) groups is 1. The molecule has 0 atom stereocenters. The molecule has 1 saturated carbocycles. The van der Waals surface area contributed by atoms with Crippen molar-refractivity contribution in [1.29, 1.82) is 0 Å². The summed E-state index contributed by atoms with van der Waals surface area (Å²) >= 11 is 5.26. The minimum absolute atomic E-state index is 0.100. The normalized spacial score (nSPS) is 16.0. The summed E-state index contributed by atoms with van der Waals surface area (Å²) in [5.74, 6) is -0.832. The molecule has 1 aliphatic carbocycles. The largest absolute Gasteiger partial charge is 0.481 e. The quantitative estimate of drug-likeness (QED) is 0.511. The van der Waals surface area contributed by atoms with E-state index in [1.165, 1.54) is 19.2 Å². The molecule has 1 aliphatic rings. The Balaban J connectivity index is 1.73. The molecule has 30 heavy (non-hydrogen) atoms. The van der Waals surface area contributed by atoms with Gasteiger partial charge in [-0.3, -0.25) is 0 Å². The van der Waals surface area contributed by atoms with Crippen molar-refractivity contribution < 1.29 is 22.3 Å². The first-order chi connectivity index (χ1) is 14.2. The second-order valence-electron chi connectivity index (χ2n) is 7.27. The highest BCUT2D eigenvalue weighted by Gasteiger charge is 2.35. The molecule has 0 bridgehead atoms. The van der Waals surface area contributed by atoms with Crippen LogP contribution < -0.4 is 15.4 Å². The molecule has 5 nitrogen and oxygen atoms in total. The molecule has 0 amide bonds. The average molecular weight is 442 g/mol. The fraction of sp³-hybridized carbons (Fsp3) is 0.450. The predicted molar refractivity (Wildman–Crippen MR) is 109 cm³/mol. The van der Waals surface area contributed by atoms with Crippen LogP contribution in [0, 0.1) is 5.82 Å². The number of halogens is 4. The summed E-state index contributed by atoms with van der Waals surface area (Å²) in [7, 11) is 1.22. The van der Waals surface area contributed by atoms with Gasteiger partial charge in [0, 0.05) is 18.0 Å². The van der Waals surface area contributed by atoms with Crippen molar-refractivity contribution >= 4 is 23.3 Å². The van der Waals surface area contributed by atoms with Gasteiger partial charge >= 0.3 is 6.18 Å². The van der Waals surface area contributed by atoms with Crippen LogP contribution in [0.1, 0.15) is 43.4 Å². The molecular weight excluding hydrogens is 420 g/mol. The summed E-state index contributed by atoms with van der Waals surface area (Å²) in [4.78, 5) is 7.35. The van der Waals surface area contributed by atoms with Crippen molar-refractivity contribution in [3.8, 4) is 5.88 Å². The minimum atomic E-state index is -4.64. The highest BCUT2D eigenvalue weighted by molar-refractivity contribution is 7.80. The van der Waals surface area contributed by atoms with Gasteiger partial charge in [0.05, 0.1) is 7.11 Å². The van der Waals surface area contributed by atoms with E-state index in [4.69, 9.17) is 17.0 Å². The van der Waals surface area contributed by atoms with Crippen molar-refractivity contribution in [1.82, 2.24) is 15.3 Å². The lowest BCUT2D eigenvalue weighted by Gasteiger charge is -2.38. The smallest absolute Gasteiger partial charge is 0.433 e. The number of benzene rings is 1. The zero-order valence-electron chi connectivity index (χ0n) is 16.4. The van der Waals surface area contributed by atoms with Gasteiger partial charge in [-0.05, 0) is 42.8 Å². The maximum absolute atomic E-state index is 13.4. The van der Waals surface area contributed by atoms with Crippen LogP contribution >= 0.6 is 12.2 Å². The number of hydrogen-bond acceptors (Lipinski definition) is 4. The molecule has 0 saturated heterocycles. The van der Waals surface area contributed by atoms with Gasteiger partial charge in [0.2, 0.25) is 11.8 Å².